The summed E-state index contributed by atoms with van der Waals surface area (Å²) in [7, 11) is 4.03. The van der Waals surface area contributed by atoms with Gasteiger partial charge in [-0.2, -0.15) is 5.26 Å². The highest BCUT2D eigenvalue weighted by Gasteiger charge is 2.40. The van der Waals surface area contributed by atoms with E-state index in [1.165, 1.54) is 40.4 Å². The van der Waals surface area contributed by atoms with Gasteiger partial charge in [-0.3, -0.25) is 0 Å². The summed E-state index contributed by atoms with van der Waals surface area (Å²) in [4.78, 5) is 25.3. The van der Waals surface area contributed by atoms with Crippen molar-refractivity contribution in [2.24, 2.45) is 5.73 Å². The van der Waals surface area contributed by atoms with Crippen molar-refractivity contribution in [2.45, 2.75) is 19.8 Å². The third-order valence-corrected chi connectivity index (χ3v) is 4.37. The number of nitrogens with zero attached hydrogens (tertiary/aromatic N) is 1. The maximum Gasteiger partial charge on any atom is 0.338 e. The zero-order valence-electron chi connectivity index (χ0n) is 16.8. The van der Waals surface area contributed by atoms with Crippen molar-refractivity contribution in [3.8, 4) is 17.6 Å². The van der Waals surface area contributed by atoms with Crippen LogP contribution >= 0.6 is 0 Å². The van der Waals surface area contributed by atoms with E-state index in [1.54, 1.807) is 6.92 Å². The number of nitrogens with two attached hydrogens (primary N) is 1. The molecule has 0 amide bonds. The number of rotatable bonds is 6. The Labute approximate surface area is 168 Å². The molecular weight excluding hydrogens is 380 g/mol. The highest BCUT2D eigenvalue weighted by atomic mass is 16.5. The first-order valence-electron chi connectivity index (χ1n) is 8.64. The second-order valence-corrected chi connectivity index (χ2v) is 5.90. The molecular formula is C20H22N2O7. The van der Waals surface area contributed by atoms with Crippen LogP contribution in [0.15, 0.2) is 34.9 Å². The Balaban J connectivity index is 2.92. The molecule has 2 rings (SSSR count). The van der Waals surface area contributed by atoms with Crippen LogP contribution in [-0.2, 0) is 19.0 Å². The Morgan fingerprint density at radius 1 is 1.21 bits per heavy atom. The Morgan fingerprint density at radius 3 is 2.41 bits per heavy atom. The minimum Gasteiger partial charge on any atom is -0.497 e. The topological polar surface area (TPSA) is 130 Å². The lowest BCUT2D eigenvalue weighted by Gasteiger charge is -2.29. The summed E-state index contributed by atoms with van der Waals surface area (Å²) in [5.74, 6) is -1.99. The summed E-state index contributed by atoms with van der Waals surface area (Å²) in [6, 6.07) is 4.92. The molecule has 0 radical (unpaired) electrons. The molecule has 0 aliphatic carbocycles. The number of allylic oxidation sites excluding steroid dienone is 2. The second-order valence-electron chi connectivity index (χ2n) is 5.90. The Morgan fingerprint density at radius 2 is 1.90 bits per heavy atom. The summed E-state index contributed by atoms with van der Waals surface area (Å²) in [6.45, 7) is 3.27. The lowest BCUT2D eigenvalue weighted by molar-refractivity contribution is -0.139. The van der Waals surface area contributed by atoms with Crippen LogP contribution in [0, 0.1) is 11.3 Å². The van der Waals surface area contributed by atoms with Gasteiger partial charge < -0.3 is 29.4 Å². The minimum absolute atomic E-state index is 0.0335. The van der Waals surface area contributed by atoms with Crippen molar-refractivity contribution >= 4 is 11.9 Å². The fraction of sp³-hybridized carbons (Fsp3) is 0.350. The number of carbonyl (C=O) groups excluding carboxylic acids is 2. The van der Waals surface area contributed by atoms with Gasteiger partial charge in [0.25, 0.3) is 0 Å². The molecule has 0 aromatic heterocycles. The van der Waals surface area contributed by atoms with Crippen LogP contribution in [-0.4, -0.2) is 39.9 Å². The van der Waals surface area contributed by atoms with Crippen LogP contribution in [0.3, 0.4) is 0 Å². The van der Waals surface area contributed by atoms with Gasteiger partial charge in [0, 0.05) is 11.6 Å². The van der Waals surface area contributed by atoms with E-state index in [1.807, 2.05) is 6.07 Å². The Hall–Kier alpha value is -3.67. The molecule has 0 saturated carbocycles. The molecule has 1 aliphatic heterocycles. The predicted molar refractivity (Wildman–Crippen MR) is 101 cm³/mol. The van der Waals surface area contributed by atoms with Gasteiger partial charge in [0.2, 0.25) is 5.88 Å². The van der Waals surface area contributed by atoms with Crippen LogP contribution in [0.2, 0.25) is 0 Å². The van der Waals surface area contributed by atoms with E-state index in [9.17, 15) is 14.9 Å². The van der Waals surface area contributed by atoms with Crippen molar-refractivity contribution < 1.29 is 33.3 Å². The van der Waals surface area contributed by atoms with Crippen LogP contribution < -0.4 is 15.2 Å². The molecule has 1 aromatic rings. The molecule has 2 N–H and O–H groups in total. The normalized spacial score (nSPS) is 15.9. The number of esters is 2. The van der Waals surface area contributed by atoms with Gasteiger partial charge >= 0.3 is 11.9 Å². The first kappa shape index (κ1) is 21.6. The first-order chi connectivity index (χ1) is 13.8. The molecule has 1 heterocycles. The quantitative estimate of drug-likeness (QED) is 0.711. The molecule has 1 atom stereocenters. The van der Waals surface area contributed by atoms with Crippen LogP contribution in [0.4, 0.5) is 0 Å². The summed E-state index contributed by atoms with van der Waals surface area (Å²) < 4.78 is 26.1. The summed E-state index contributed by atoms with van der Waals surface area (Å²) in [6.07, 6.45) is 0. The van der Waals surface area contributed by atoms with E-state index in [0.29, 0.717) is 5.75 Å². The van der Waals surface area contributed by atoms with Crippen LogP contribution in [0.1, 0.15) is 35.7 Å². The average Bonchev–Trinajstić information content (AvgIpc) is 2.71. The standard InChI is InChI=1S/C20H22N2O7/c1-6-28-20(24)15-10(2)29-18(22)13(9-21)17(15)16-12(19(23)27-5)7-11(25-3)8-14(16)26-4/h7-8,17H,6,22H2,1-5H3. The zero-order chi connectivity index (χ0) is 21.7. The van der Waals surface area contributed by atoms with Gasteiger partial charge in [0.1, 0.15) is 28.9 Å². The molecule has 0 saturated heterocycles. The van der Waals surface area contributed by atoms with Gasteiger partial charge in [-0.1, -0.05) is 0 Å². The summed E-state index contributed by atoms with van der Waals surface area (Å²) in [5, 5.41) is 9.74. The lowest BCUT2D eigenvalue weighted by Crippen LogP contribution is -2.27. The molecule has 0 fully saturated rings. The third kappa shape index (κ3) is 3.96. The SMILES string of the molecule is CCOC(=O)C1=C(C)OC(N)=C(C#N)C1c1c(OC)cc(OC)cc1C(=O)OC. The third-order valence-electron chi connectivity index (χ3n) is 4.37. The van der Waals surface area contributed by atoms with Crippen molar-refractivity contribution in [1.82, 2.24) is 0 Å². The van der Waals surface area contributed by atoms with E-state index in [-0.39, 0.29) is 46.3 Å². The first-order valence-corrected chi connectivity index (χ1v) is 8.64. The van der Waals surface area contributed by atoms with Crippen LogP contribution in [0.25, 0.3) is 0 Å². The lowest BCUT2D eigenvalue weighted by atomic mass is 9.80. The summed E-state index contributed by atoms with van der Waals surface area (Å²) >= 11 is 0. The predicted octanol–water partition coefficient (Wildman–Crippen LogP) is 2.14. The molecule has 29 heavy (non-hydrogen) atoms. The van der Waals surface area contributed by atoms with Gasteiger partial charge in [-0.05, 0) is 19.9 Å². The molecule has 0 spiro atoms. The van der Waals surface area contributed by atoms with Gasteiger partial charge in [0.05, 0.1) is 45.0 Å². The number of benzene rings is 1. The maximum atomic E-state index is 12.7. The highest BCUT2D eigenvalue weighted by molar-refractivity contribution is 5.97. The van der Waals surface area contributed by atoms with Crippen molar-refractivity contribution in [3.05, 3.63) is 46.0 Å². The number of nitriles is 1. The number of carbonyl (C=O) groups is 2. The minimum atomic E-state index is -1.07. The zero-order valence-corrected chi connectivity index (χ0v) is 16.8. The number of ether oxygens (including phenoxy) is 5. The maximum absolute atomic E-state index is 12.7. The van der Waals surface area contributed by atoms with Crippen molar-refractivity contribution in [1.29, 1.82) is 5.26 Å². The van der Waals surface area contributed by atoms with Gasteiger partial charge in [-0.25, -0.2) is 9.59 Å². The molecule has 154 valence electrons. The van der Waals surface area contributed by atoms with E-state index in [4.69, 9.17) is 29.4 Å². The molecule has 1 unspecified atom stereocenters. The fourth-order valence-corrected chi connectivity index (χ4v) is 3.11. The van der Waals surface area contributed by atoms with Crippen molar-refractivity contribution in [3.63, 3.8) is 0 Å². The molecule has 0 bridgehead atoms. The van der Waals surface area contributed by atoms with Crippen LogP contribution in [0.5, 0.6) is 11.5 Å². The Kier molecular flexibility index (Phi) is 6.72. The molecule has 9 nitrogen and oxygen atoms in total. The fourth-order valence-electron chi connectivity index (χ4n) is 3.11. The van der Waals surface area contributed by atoms with Crippen molar-refractivity contribution in [2.75, 3.05) is 27.9 Å². The second kappa shape index (κ2) is 9.01. The smallest absolute Gasteiger partial charge is 0.338 e. The highest BCUT2D eigenvalue weighted by Crippen LogP contribution is 2.46. The number of hydrogen-bond acceptors (Lipinski definition) is 9. The van der Waals surface area contributed by atoms with E-state index in [0.717, 1.165) is 0 Å². The van der Waals surface area contributed by atoms with Gasteiger partial charge in [-0.15, -0.1) is 0 Å². The molecule has 1 aliphatic rings. The Bertz CT molecular complexity index is 941. The number of hydrogen-bond donors (Lipinski definition) is 1. The average molecular weight is 402 g/mol. The summed E-state index contributed by atoms with van der Waals surface area (Å²) in [5.41, 5.74) is 6.15. The largest absolute Gasteiger partial charge is 0.497 e. The monoisotopic (exact) mass is 402 g/mol. The van der Waals surface area contributed by atoms with E-state index < -0.39 is 17.9 Å². The molecule has 9 heteroatoms. The van der Waals surface area contributed by atoms with E-state index in [2.05, 4.69) is 0 Å². The number of methoxy groups -OCH3 is 3. The molecule has 1 aromatic carbocycles. The van der Waals surface area contributed by atoms with E-state index >= 15 is 0 Å². The van der Waals surface area contributed by atoms with Gasteiger partial charge in [0.15, 0.2) is 0 Å².